The molecule has 0 amide bonds. The van der Waals surface area contributed by atoms with Gasteiger partial charge >= 0.3 is 0 Å². The van der Waals surface area contributed by atoms with Crippen molar-refractivity contribution < 1.29 is 9.37 Å². The van der Waals surface area contributed by atoms with Crippen LogP contribution in [0.3, 0.4) is 0 Å². The van der Waals surface area contributed by atoms with Gasteiger partial charge in [-0.3, -0.25) is 0 Å². The second kappa shape index (κ2) is 7.20. The molecule has 2 aromatic carbocycles. The average molecular weight is 363 g/mol. The largest absolute Gasteiger partial charge is 0.497 e. The van der Waals surface area contributed by atoms with E-state index >= 15 is 0 Å². The maximum Gasteiger partial charge on any atom is 0.135 e. The molecule has 7 heteroatoms. The summed E-state index contributed by atoms with van der Waals surface area (Å²) in [5, 5.41) is 15.8. The van der Waals surface area contributed by atoms with Crippen LogP contribution in [0.5, 0.6) is 5.75 Å². The van der Waals surface area contributed by atoms with E-state index in [0.717, 1.165) is 45.8 Å². The summed E-state index contributed by atoms with van der Waals surface area (Å²) in [7, 11) is 1.66. The number of nitrogens with zero attached hydrogens (tertiary/aromatic N) is 4. The summed E-state index contributed by atoms with van der Waals surface area (Å²) in [5.74, 6) is 0.832. The lowest BCUT2D eigenvalue weighted by Crippen LogP contribution is -2.18. The van der Waals surface area contributed by atoms with Gasteiger partial charge in [-0.05, 0) is 66.1 Å². The third-order valence-electron chi connectivity index (χ3n) is 4.76. The first-order valence-electron chi connectivity index (χ1n) is 8.79. The minimum atomic E-state index is 0.156. The number of fused-ring (bicyclic) bond motifs is 1. The van der Waals surface area contributed by atoms with Crippen LogP contribution in [0, 0.1) is 6.92 Å². The van der Waals surface area contributed by atoms with Crippen LogP contribution in [-0.2, 0) is 6.54 Å². The third kappa shape index (κ3) is 3.41. The Kier molecular flexibility index (Phi) is 4.60. The van der Waals surface area contributed by atoms with E-state index in [1.165, 1.54) is 0 Å². The quantitative estimate of drug-likeness (QED) is 0.564. The molecule has 0 fully saturated rings. The van der Waals surface area contributed by atoms with Crippen LogP contribution in [0.25, 0.3) is 16.7 Å². The van der Waals surface area contributed by atoms with Gasteiger partial charge in [0.25, 0.3) is 0 Å². The number of rotatable bonds is 6. The molecule has 0 saturated heterocycles. The predicted molar refractivity (Wildman–Crippen MR) is 102 cm³/mol. The molecule has 0 bridgehead atoms. The number of hydrogen-bond acceptors (Lipinski definition) is 6. The van der Waals surface area contributed by atoms with E-state index in [1.807, 2.05) is 53.3 Å². The molecule has 4 aromatic rings. The van der Waals surface area contributed by atoms with E-state index < -0.39 is 0 Å². The van der Waals surface area contributed by atoms with Gasteiger partial charge in [-0.25, -0.2) is 9.31 Å². The summed E-state index contributed by atoms with van der Waals surface area (Å²) >= 11 is 0. The zero-order chi connectivity index (χ0) is 18.8. The minimum absolute atomic E-state index is 0.156. The van der Waals surface area contributed by atoms with E-state index in [2.05, 4.69) is 34.6 Å². The van der Waals surface area contributed by atoms with Crippen molar-refractivity contribution in [2.24, 2.45) is 0 Å². The fourth-order valence-corrected chi connectivity index (χ4v) is 3.15. The molecular weight excluding hydrogens is 342 g/mol. The molecule has 0 aliphatic heterocycles. The maximum atomic E-state index is 5.22. The van der Waals surface area contributed by atoms with Crippen LogP contribution in [-0.4, -0.2) is 27.2 Å². The lowest BCUT2D eigenvalue weighted by molar-refractivity contribution is 0.315. The predicted octanol–water partition coefficient (Wildman–Crippen LogP) is 3.58. The summed E-state index contributed by atoms with van der Waals surface area (Å²) < 4.78 is 11.9. The molecule has 2 heterocycles. The highest BCUT2D eigenvalue weighted by Crippen LogP contribution is 2.22. The van der Waals surface area contributed by atoms with Crippen LogP contribution < -0.4 is 10.1 Å². The van der Waals surface area contributed by atoms with E-state index in [1.54, 1.807) is 7.11 Å². The number of ether oxygens (including phenoxy) is 1. The maximum absolute atomic E-state index is 5.22. The smallest absolute Gasteiger partial charge is 0.135 e. The van der Waals surface area contributed by atoms with Crippen LogP contribution in [0.2, 0.25) is 0 Å². The Morgan fingerprint density at radius 2 is 1.89 bits per heavy atom. The van der Waals surface area contributed by atoms with Crippen LogP contribution in [0.4, 0.5) is 0 Å². The monoisotopic (exact) mass is 363 g/mol. The van der Waals surface area contributed by atoms with Crippen molar-refractivity contribution in [3.8, 4) is 11.4 Å². The summed E-state index contributed by atoms with van der Waals surface area (Å²) in [6.07, 6.45) is 1.92. The Balaban J connectivity index is 1.48. The molecule has 0 radical (unpaired) electrons. The van der Waals surface area contributed by atoms with Gasteiger partial charge in [0.15, 0.2) is 0 Å². The van der Waals surface area contributed by atoms with E-state index in [0.29, 0.717) is 0 Å². The molecule has 1 N–H and O–H groups in total. The first kappa shape index (κ1) is 17.2. The standard InChI is InChI=1S/C20H21N5O2/c1-13(21-11-15-4-9-19-20(10-15)24-27-23-19)18-12-22-25(14(18)2)16-5-7-17(26-3)8-6-16/h4-10,12-13,21H,11H2,1-3H3. The number of aromatic nitrogens is 4. The van der Waals surface area contributed by atoms with Crippen molar-refractivity contribution in [1.82, 2.24) is 25.4 Å². The summed E-state index contributed by atoms with van der Waals surface area (Å²) in [6, 6.07) is 14.0. The molecule has 7 nitrogen and oxygen atoms in total. The summed E-state index contributed by atoms with van der Waals surface area (Å²) in [4.78, 5) is 0. The zero-order valence-electron chi connectivity index (χ0n) is 15.5. The van der Waals surface area contributed by atoms with Gasteiger partial charge in [0.2, 0.25) is 0 Å². The Morgan fingerprint density at radius 1 is 1.11 bits per heavy atom. The van der Waals surface area contributed by atoms with Gasteiger partial charge in [-0.15, -0.1) is 0 Å². The van der Waals surface area contributed by atoms with E-state index in [-0.39, 0.29) is 6.04 Å². The van der Waals surface area contributed by atoms with Crippen molar-refractivity contribution in [2.75, 3.05) is 7.11 Å². The van der Waals surface area contributed by atoms with Crippen molar-refractivity contribution >= 4 is 11.0 Å². The van der Waals surface area contributed by atoms with Crippen LogP contribution in [0.1, 0.15) is 29.8 Å². The fraction of sp³-hybridized carbons (Fsp3) is 0.250. The zero-order valence-corrected chi connectivity index (χ0v) is 15.5. The molecule has 138 valence electrons. The van der Waals surface area contributed by atoms with Crippen molar-refractivity contribution in [3.05, 3.63) is 65.5 Å². The molecule has 2 aromatic heterocycles. The van der Waals surface area contributed by atoms with Crippen molar-refractivity contribution in [3.63, 3.8) is 0 Å². The minimum Gasteiger partial charge on any atom is -0.497 e. The highest BCUT2D eigenvalue weighted by atomic mass is 16.6. The van der Waals surface area contributed by atoms with Crippen molar-refractivity contribution in [2.45, 2.75) is 26.4 Å². The van der Waals surface area contributed by atoms with Crippen LogP contribution in [0.15, 0.2) is 53.3 Å². The van der Waals surface area contributed by atoms with Gasteiger partial charge in [0, 0.05) is 23.8 Å². The Bertz CT molecular complexity index is 1050. The topological polar surface area (TPSA) is 78.0 Å². The van der Waals surface area contributed by atoms with Gasteiger partial charge in [0.05, 0.1) is 19.0 Å². The van der Waals surface area contributed by atoms with Gasteiger partial charge in [-0.2, -0.15) is 5.10 Å². The molecule has 1 atom stereocenters. The first-order valence-corrected chi connectivity index (χ1v) is 8.79. The molecule has 0 aliphatic rings. The molecule has 0 spiro atoms. The fourth-order valence-electron chi connectivity index (χ4n) is 3.15. The van der Waals surface area contributed by atoms with E-state index in [9.17, 15) is 0 Å². The first-order chi connectivity index (χ1) is 13.2. The second-order valence-corrected chi connectivity index (χ2v) is 6.49. The van der Waals surface area contributed by atoms with Crippen LogP contribution >= 0.6 is 0 Å². The lowest BCUT2D eigenvalue weighted by atomic mass is 10.1. The molecule has 27 heavy (non-hydrogen) atoms. The highest BCUT2D eigenvalue weighted by molar-refractivity contribution is 5.73. The van der Waals surface area contributed by atoms with Gasteiger partial charge in [0.1, 0.15) is 16.8 Å². The SMILES string of the molecule is COc1ccc(-n2ncc(C(C)NCc3ccc4nonc4c3)c2C)cc1. The van der Waals surface area contributed by atoms with Gasteiger partial charge < -0.3 is 10.1 Å². The normalized spacial score (nSPS) is 12.4. The van der Waals surface area contributed by atoms with E-state index in [4.69, 9.17) is 9.37 Å². The second-order valence-electron chi connectivity index (χ2n) is 6.49. The van der Waals surface area contributed by atoms with Gasteiger partial charge in [-0.1, -0.05) is 6.07 Å². The van der Waals surface area contributed by atoms with Crippen molar-refractivity contribution in [1.29, 1.82) is 0 Å². The Hall–Kier alpha value is -3.19. The molecule has 0 saturated carbocycles. The number of hydrogen-bond donors (Lipinski definition) is 1. The number of nitrogens with one attached hydrogen (secondary N) is 1. The molecule has 4 rings (SSSR count). The number of benzene rings is 2. The summed E-state index contributed by atoms with van der Waals surface area (Å²) in [5.41, 5.74) is 5.95. The molecule has 1 unspecified atom stereocenters. The highest BCUT2D eigenvalue weighted by Gasteiger charge is 2.14. The average Bonchev–Trinajstić information content (AvgIpc) is 3.32. The Labute approximate surface area is 156 Å². The lowest BCUT2D eigenvalue weighted by Gasteiger charge is -2.14. The Morgan fingerprint density at radius 3 is 2.67 bits per heavy atom. The third-order valence-corrected chi connectivity index (χ3v) is 4.76. The molecular formula is C20H21N5O2. The molecule has 0 aliphatic carbocycles. The number of methoxy groups -OCH3 is 1. The summed E-state index contributed by atoms with van der Waals surface area (Å²) in [6.45, 7) is 4.94.